The molecular weight excluding hydrogens is 257 g/mol. The number of hydrogen-bond acceptors (Lipinski definition) is 3. The van der Waals surface area contributed by atoms with Crippen LogP contribution in [0.1, 0.15) is 25.7 Å². The van der Waals surface area contributed by atoms with Crippen molar-refractivity contribution in [3.05, 3.63) is 24.5 Å². The van der Waals surface area contributed by atoms with Gasteiger partial charge in [-0.2, -0.15) is 21.6 Å². The average Bonchev–Trinajstić information content (AvgIpc) is 2.19. The molecule has 0 bridgehead atoms. The minimum Gasteiger partial charge on any atom is -0.381 e. The van der Waals surface area contributed by atoms with Gasteiger partial charge in [-0.15, -0.1) is 6.58 Å². The van der Waals surface area contributed by atoms with Gasteiger partial charge in [0.25, 0.3) is 0 Å². The van der Waals surface area contributed by atoms with E-state index >= 15 is 0 Å². The van der Waals surface area contributed by atoms with Crippen molar-refractivity contribution in [2.24, 2.45) is 5.92 Å². The van der Waals surface area contributed by atoms with Crippen LogP contribution in [0.15, 0.2) is 24.5 Å². The Morgan fingerprint density at radius 2 is 2.18 bits per heavy atom. The highest BCUT2D eigenvalue weighted by molar-refractivity contribution is 7.87. The third-order valence-corrected chi connectivity index (χ3v) is 3.42. The van der Waals surface area contributed by atoms with Gasteiger partial charge in [0.15, 0.2) is 0 Å². The quantitative estimate of drug-likeness (QED) is 0.448. The topological polar surface area (TPSA) is 43.4 Å². The van der Waals surface area contributed by atoms with Gasteiger partial charge in [-0.3, -0.25) is 0 Å². The van der Waals surface area contributed by atoms with E-state index in [2.05, 4.69) is 10.8 Å². The molecule has 3 nitrogen and oxygen atoms in total. The summed E-state index contributed by atoms with van der Waals surface area (Å²) in [5, 5.41) is 0. The van der Waals surface area contributed by atoms with Gasteiger partial charge in [-0.1, -0.05) is 6.08 Å². The largest absolute Gasteiger partial charge is 0.534 e. The minimum atomic E-state index is -5.55. The molecule has 0 aromatic carbocycles. The summed E-state index contributed by atoms with van der Waals surface area (Å²) in [6.45, 7) is 3.48. The second-order valence-corrected chi connectivity index (χ2v) is 5.28. The summed E-state index contributed by atoms with van der Waals surface area (Å²) >= 11 is 0. The van der Waals surface area contributed by atoms with Crippen LogP contribution in [0.4, 0.5) is 13.2 Å². The van der Waals surface area contributed by atoms with Crippen molar-refractivity contribution in [2.45, 2.75) is 31.2 Å². The number of alkyl halides is 3. The van der Waals surface area contributed by atoms with Crippen LogP contribution in [0.5, 0.6) is 0 Å². The highest BCUT2D eigenvalue weighted by Crippen LogP contribution is 2.34. The van der Waals surface area contributed by atoms with Crippen LogP contribution >= 0.6 is 0 Å². The van der Waals surface area contributed by atoms with Crippen molar-refractivity contribution in [1.29, 1.82) is 0 Å². The van der Waals surface area contributed by atoms with Gasteiger partial charge < -0.3 is 4.18 Å². The fourth-order valence-electron chi connectivity index (χ4n) is 1.63. The van der Waals surface area contributed by atoms with Gasteiger partial charge in [0.05, 0.1) is 0 Å². The summed E-state index contributed by atoms with van der Waals surface area (Å²) in [5.74, 6) is -0.452. The van der Waals surface area contributed by atoms with E-state index in [1.165, 1.54) is 12.2 Å². The molecule has 0 N–H and O–H groups in total. The summed E-state index contributed by atoms with van der Waals surface area (Å²) in [6, 6.07) is 0. The molecule has 0 aliphatic heterocycles. The van der Waals surface area contributed by atoms with Crippen molar-refractivity contribution < 1.29 is 25.8 Å². The second-order valence-electron chi connectivity index (χ2n) is 3.74. The number of halogens is 3. The first-order valence-electron chi connectivity index (χ1n) is 5.09. The summed E-state index contributed by atoms with van der Waals surface area (Å²) < 4.78 is 62.3. The molecule has 0 amide bonds. The van der Waals surface area contributed by atoms with Gasteiger partial charge in [0, 0.05) is 5.92 Å². The monoisotopic (exact) mass is 270 g/mol. The first-order chi connectivity index (χ1) is 7.78. The van der Waals surface area contributed by atoms with E-state index in [0.29, 0.717) is 19.3 Å². The molecule has 0 aromatic rings. The number of allylic oxidation sites excluding steroid dienone is 3. The average molecular weight is 270 g/mol. The lowest BCUT2D eigenvalue weighted by atomic mass is 9.91. The molecule has 98 valence electrons. The SMILES string of the molecule is C=CCC1CCCC=C1OS(=O)(=O)C(F)(F)F. The Morgan fingerprint density at radius 1 is 1.53 bits per heavy atom. The van der Waals surface area contributed by atoms with Crippen molar-refractivity contribution in [2.75, 3.05) is 0 Å². The lowest BCUT2D eigenvalue weighted by molar-refractivity contribution is -0.0528. The Kier molecular flexibility index (Phi) is 4.24. The molecule has 17 heavy (non-hydrogen) atoms. The summed E-state index contributed by atoms with van der Waals surface area (Å²) in [6.07, 6.45) is 5.27. The van der Waals surface area contributed by atoms with E-state index < -0.39 is 15.6 Å². The molecule has 0 fully saturated rings. The second kappa shape index (κ2) is 5.12. The van der Waals surface area contributed by atoms with Crippen molar-refractivity contribution in [3.8, 4) is 0 Å². The van der Waals surface area contributed by atoms with Crippen LogP contribution in [-0.2, 0) is 14.3 Å². The summed E-state index contributed by atoms with van der Waals surface area (Å²) in [4.78, 5) is 0. The van der Waals surface area contributed by atoms with E-state index in [9.17, 15) is 21.6 Å². The highest BCUT2D eigenvalue weighted by Gasteiger charge is 2.49. The standard InChI is InChI=1S/C10H13F3O3S/c1-2-5-8-6-3-4-7-9(8)16-17(14,15)10(11,12)13/h2,7-8H,1,3-6H2. The van der Waals surface area contributed by atoms with Gasteiger partial charge in [0.2, 0.25) is 0 Å². The summed E-state index contributed by atoms with van der Waals surface area (Å²) in [7, 11) is -5.55. The molecule has 0 saturated heterocycles. The first-order valence-corrected chi connectivity index (χ1v) is 6.50. The van der Waals surface area contributed by atoms with Crippen LogP contribution in [0.2, 0.25) is 0 Å². The third kappa shape index (κ3) is 3.49. The molecule has 1 rings (SSSR count). The summed E-state index contributed by atoms with van der Waals surface area (Å²) in [5.41, 5.74) is -5.38. The zero-order valence-corrected chi connectivity index (χ0v) is 9.85. The molecule has 1 unspecified atom stereocenters. The molecule has 0 aromatic heterocycles. The molecule has 1 aliphatic carbocycles. The predicted molar refractivity (Wildman–Crippen MR) is 56.3 cm³/mol. The van der Waals surface area contributed by atoms with Crippen LogP contribution in [-0.4, -0.2) is 13.9 Å². The van der Waals surface area contributed by atoms with E-state index in [1.54, 1.807) is 0 Å². The number of rotatable bonds is 4. The van der Waals surface area contributed by atoms with Gasteiger partial charge in [-0.25, -0.2) is 0 Å². The molecular formula is C10H13F3O3S. The lowest BCUT2D eigenvalue weighted by Gasteiger charge is -2.23. The van der Waals surface area contributed by atoms with E-state index in [-0.39, 0.29) is 11.7 Å². The van der Waals surface area contributed by atoms with Crippen LogP contribution < -0.4 is 0 Å². The molecule has 1 aliphatic rings. The van der Waals surface area contributed by atoms with Crippen LogP contribution in [0, 0.1) is 5.92 Å². The Balaban J connectivity index is 2.86. The van der Waals surface area contributed by atoms with Crippen molar-refractivity contribution in [1.82, 2.24) is 0 Å². The van der Waals surface area contributed by atoms with E-state index in [4.69, 9.17) is 0 Å². The van der Waals surface area contributed by atoms with E-state index in [0.717, 1.165) is 6.42 Å². The highest BCUT2D eigenvalue weighted by atomic mass is 32.2. The third-order valence-electron chi connectivity index (χ3n) is 2.45. The molecule has 0 heterocycles. The maximum absolute atomic E-state index is 12.1. The predicted octanol–water partition coefficient (Wildman–Crippen LogP) is 3.11. The molecule has 1 atom stereocenters. The van der Waals surface area contributed by atoms with Crippen molar-refractivity contribution >= 4 is 10.1 Å². The van der Waals surface area contributed by atoms with E-state index in [1.807, 2.05) is 0 Å². The van der Waals surface area contributed by atoms with Gasteiger partial charge in [0.1, 0.15) is 5.76 Å². The normalized spacial score (nSPS) is 21.8. The molecule has 0 radical (unpaired) electrons. The van der Waals surface area contributed by atoms with Crippen LogP contribution in [0.3, 0.4) is 0 Å². The lowest BCUT2D eigenvalue weighted by Crippen LogP contribution is -2.27. The fourth-order valence-corrected chi connectivity index (χ4v) is 2.18. The zero-order chi connectivity index (χ0) is 13.1. The van der Waals surface area contributed by atoms with Crippen molar-refractivity contribution in [3.63, 3.8) is 0 Å². The first kappa shape index (κ1) is 14.1. The van der Waals surface area contributed by atoms with Crippen LogP contribution in [0.25, 0.3) is 0 Å². The number of hydrogen-bond donors (Lipinski definition) is 0. The molecule has 0 spiro atoms. The maximum Gasteiger partial charge on any atom is 0.534 e. The smallest absolute Gasteiger partial charge is 0.381 e. The Labute approximate surface area is 98.1 Å². The Morgan fingerprint density at radius 3 is 2.71 bits per heavy atom. The van der Waals surface area contributed by atoms with Gasteiger partial charge >= 0.3 is 15.6 Å². The van der Waals surface area contributed by atoms with Gasteiger partial charge in [-0.05, 0) is 31.8 Å². The Hall–Kier alpha value is -0.980. The minimum absolute atomic E-state index is 0.117. The Bertz CT molecular complexity index is 409. The molecule has 0 saturated carbocycles. The maximum atomic E-state index is 12.1. The zero-order valence-electron chi connectivity index (χ0n) is 9.03. The fraction of sp³-hybridized carbons (Fsp3) is 0.600. The molecule has 7 heteroatoms.